The molecule has 1 aromatic carbocycles. The smallest absolute Gasteiger partial charge is 0.324 e. The van der Waals surface area contributed by atoms with E-state index in [1.165, 1.54) is 18.3 Å². The summed E-state index contributed by atoms with van der Waals surface area (Å²) in [6, 6.07) is 4.90. The van der Waals surface area contributed by atoms with Crippen LogP contribution in [0.3, 0.4) is 0 Å². The molecule has 0 atom stereocenters. The second kappa shape index (κ2) is 4.13. The lowest BCUT2D eigenvalue weighted by Gasteiger charge is -2.06. The number of hydrogen-bond donors (Lipinski definition) is 1. The molecule has 14 heavy (non-hydrogen) atoms. The average molecular weight is 202 g/mol. The van der Waals surface area contributed by atoms with Gasteiger partial charge in [0.2, 0.25) is 0 Å². The van der Waals surface area contributed by atoms with Crippen LogP contribution in [0.4, 0.5) is 13.2 Å². The van der Waals surface area contributed by atoms with Crippen LogP contribution in [-0.2, 0) is 12.6 Å². The first-order chi connectivity index (χ1) is 6.54. The summed E-state index contributed by atoms with van der Waals surface area (Å²) in [6.45, 7) is 0. The van der Waals surface area contributed by atoms with Gasteiger partial charge in [0, 0.05) is 12.6 Å². The summed E-state index contributed by atoms with van der Waals surface area (Å²) in [7, 11) is 0. The van der Waals surface area contributed by atoms with E-state index in [9.17, 15) is 13.2 Å². The Hall–Kier alpha value is -1.52. The number of nitrogens with zero attached hydrogens (tertiary/aromatic N) is 1. The van der Waals surface area contributed by atoms with E-state index >= 15 is 0 Å². The summed E-state index contributed by atoms with van der Waals surface area (Å²) in [5.74, 6) is 4.86. The minimum Gasteiger partial charge on any atom is -0.324 e. The van der Waals surface area contributed by atoms with Crippen molar-refractivity contribution in [2.45, 2.75) is 12.6 Å². The van der Waals surface area contributed by atoms with Gasteiger partial charge in [-0.2, -0.15) is 18.3 Å². The van der Waals surface area contributed by atoms with Crippen LogP contribution in [0.5, 0.6) is 0 Å². The Morgan fingerprint density at radius 2 is 1.79 bits per heavy atom. The lowest BCUT2D eigenvalue weighted by Crippen LogP contribution is -2.04. The van der Waals surface area contributed by atoms with Gasteiger partial charge in [0.05, 0.1) is 5.56 Å². The quantitative estimate of drug-likeness (QED) is 0.445. The molecule has 0 bridgehead atoms. The van der Waals surface area contributed by atoms with Gasteiger partial charge in [0.15, 0.2) is 0 Å². The Morgan fingerprint density at radius 3 is 2.21 bits per heavy atom. The summed E-state index contributed by atoms with van der Waals surface area (Å²) in [6.07, 6.45) is -2.41. The number of halogens is 3. The summed E-state index contributed by atoms with van der Waals surface area (Å²) in [4.78, 5) is 0. The van der Waals surface area contributed by atoms with Gasteiger partial charge < -0.3 is 5.84 Å². The third kappa shape index (κ3) is 2.76. The molecule has 0 saturated heterocycles. The number of rotatable bonds is 2. The fourth-order valence-corrected chi connectivity index (χ4v) is 0.988. The van der Waals surface area contributed by atoms with Crippen molar-refractivity contribution in [1.29, 1.82) is 0 Å². The van der Waals surface area contributed by atoms with Crippen LogP contribution in [0.1, 0.15) is 11.1 Å². The highest BCUT2D eigenvalue weighted by molar-refractivity contribution is 5.60. The normalized spacial score (nSPS) is 12.2. The van der Waals surface area contributed by atoms with Gasteiger partial charge in [0.25, 0.3) is 0 Å². The van der Waals surface area contributed by atoms with Crippen LogP contribution < -0.4 is 5.84 Å². The molecule has 2 nitrogen and oxygen atoms in total. The first-order valence-electron chi connectivity index (χ1n) is 3.92. The minimum atomic E-state index is -4.28. The largest absolute Gasteiger partial charge is 0.416 e. The Morgan fingerprint density at radius 1 is 1.21 bits per heavy atom. The van der Waals surface area contributed by atoms with E-state index in [0.717, 1.165) is 17.7 Å². The molecular weight excluding hydrogens is 193 g/mol. The molecule has 0 amide bonds. The van der Waals surface area contributed by atoms with Crippen LogP contribution in [-0.4, -0.2) is 6.21 Å². The zero-order valence-electron chi connectivity index (χ0n) is 7.25. The topological polar surface area (TPSA) is 38.4 Å². The molecule has 0 aliphatic heterocycles. The SMILES string of the molecule is N/N=C/Cc1ccc(C(F)(F)F)cc1. The molecule has 1 rings (SSSR count). The maximum Gasteiger partial charge on any atom is 0.416 e. The Balaban J connectivity index is 2.79. The highest BCUT2D eigenvalue weighted by atomic mass is 19.4. The monoisotopic (exact) mass is 202 g/mol. The Labute approximate surface area is 79.2 Å². The Bertz CT molecular complexity index is 314. The molecule has 2 N–H and O–H groups in total. The van der Waals surface area contributed by atoms with E-state index in [4.69, 9.17) is 5.84 Å². The molecule has 76 valence electrons. The molecule has 0 aliphatic carbocycles. The van der Waals surface area contributed by atoms with Crippen LogP contribution >= 0.6 is 0 Å². The van der Waals surface area contributed by atoms with E-state index in [2.05, 4.69) is 5.10 Å². The molecule has 0 radical (unpaired) electrons. The van der Waals surface area contributed by atoms with Gasteiger partial charge in [-0.15, -0.1) is 0 Å². The van der Waals surface area contributed by atoms with E-state index in [-0.39, 0.29) is 0 Å². The maximum atomic E-state index is 12.1. The molecule has 0 fully saturated rings. The van der Waals surface area contributed by atoms with Gasteiger partial charge in [0.1, 0.15) is 0 Å². The number of hydrogen-bond acceptors (Lipinski definition) is 2. The summed E-state index contributed by atoms with van der Waals surface area (Å²) >= 11 is 0. The number of alkyl halides is 3. The van der Waals surface area contributed by atoms with Crippen molar-refractivity contribution in [3.05, 3.63) is 35.4 Å². The third-order valence-corrected chi connectivity index (χ3v) is 1.71. The zero-order valence-corrected chi connectivity index (χ0v) is 7.25. The molecule has 0 aliphatic rings. The van der Waals surface area contributed by atoms with Crippen LogP contribution in [0, 0.1) is 0 Å². The van der Waals surface area contributed by atoms with Crippen molar-refractivity contribution in [2.24, 2.45) is 10.9 Å². The van der Waals surface area contributed by atoms with E-state index in [1.807, 2.05) is 0 Å². The molecule has 0 heterocycles. The van der Waals surface area contributed by atoms with Gasteiger partial charge in [-0.25, -0.2) is 0 Å². The third-order valence-electron chi connectivity index (χ3n) is 1.71. The molecule has 0 aromatic heterocycles. The van der Waals surface area contributed by atoms with Crippen molar-refractivity contribution in [2.75, 3.05) is 0 Å². The lowest BCUT2D eigenvalue weighted by molar-refractivity contribution is -0.137. The van der Waals surface area contributed by atoms with Crippen LogP contribution in [0.2, 0.25) is 0 Å². The Kier molecular flexibility index (Phi) is 3.11. The zero-order chi connectivity index (χ0) is 10.6. The lowest BCUT2D eigenvalue weighted by atomic mass is 10.1. The van der Waals surface area contributed by atoms with Crippen molar-refractivity contribution in [3.63, 3.8) is 0 Å². The number of nitrogens with two attached hydrogens (primary N) is 1. The number of hydrazone groups is 1. The van der Waals surface area contributed by atoms with Crippen LogP contribution in [0.15, 0.2) is 29.4 Å². The molecule has 0 unspecified atom stereocenters. The summed E-state index contributed by atoms with van der Waals surface area (Å²) in [5, 5.41) is 3.25. The van der Waals surface area contributed by atoms with Crippen molar-refractivity contribution in [1.82, 2.24) is 0 Å². The van der Waals surface area contributed by atoms with Crippen LogP contribution in [0.25, 0.3) is 0 Å². The highest BCUT2D eigenvalue weighted by Crippen LogP contribution is 2.28. The highest BCUT2D eigenvalue weighted by Gasteiger charge is 2.29. The predicted octanol–water partition coefficient (Wildman–Crippen LogP) is 2.19. The summed E-state index contributed by atoms with van der Waals surface area (Å²) < 4.78 is 36.4. The fourth-order valence-electron chi connectivity index (χ4n) is 0.988. The van der Waals surface area contributed by atoms with Gasteiger partial charge in [-0.3, -0.25) is 0 Å². The van der Waals surface area contributed by atoms with E-state index in [0.29, 0.717) is 6.42 Å². The van der Waals surface area contributed by atoms with Gasteiger partial charge in [-0.05, 0) is 17.7 Å². The standard InChI is InChI=1S/C9H9F3N2/c10-9(11,12)8-3-1-7(2-4-8)5-6-14-13/h1-4,6H,5,13H2/b14-6+. The fraction of sp³-hybridized carbons (Fsp3) is 0.222. The molecular formula is C9H9F3N2. The van der Waals surface area contributed by atoms with E-state index in [1.54, 1.807) is 0 Å². The molecule has 1 aromatic rings. The van der Waals surface area contributed by atoms with Crippen molar-refractivity contribution < 1.29 is 13.2 Å². The first-order valence-corrected chi connectivity index (χ1v) is 3.92. The predicted molar refractivity (Wildman–Crippen MR) is 47.8 cm³/mol. The van der Waals surface area contributed by atoms with E-state index < -0.39 is 11.7 Å². The van der Waals surface area contributed by atoms with Gasteiger partial charge in [-0.1, -0.05) is 12.1 Å². The van der Waals surface area contributed by atoms with Crippen molar-refractivity contribution in [3.8, 4) is 0 Å². The second-order valence-corrected chi connectivity index (χ2v) is 2.73. The second-order valence-electron chi connectivity index (χ2n) is 2.73. The molecule has 0 spiro atoms. The van der Waals surface area contributed by atoms with Crippen molar-refractivity contribution >= 4 is 6.21 Å². The molecule has 0 saturated carbocycles. The average Bonchev–Trinajstić information content (AvgIpc) is 2.14. The molecule has 5 heteroatoms. The first kappa shape index (κ1) is 10.6. The van der Waals surface area contributed by atoms with Gasteiger partial charge >= 0.3 is 6.18 Å². The maximum absolute atomic E-state index is 12.1. The number of benzene rings is 1. The summed E-state index contributed by atoms with van der Waals surface area (Å²) in [5.41, 5.74) is 0.0955. The minimum absolute atomic E-state index is 0.439.